The second-order valence-corrected chi connectivity index (χ2v) is 32.0. The molecule has 23 N–H and O–H groups in total. The van der Waals surface area contributed by atoms with Crippen molar-refractivity contribution in [1.29, 1.82) is 0 Å². The summed E-state index contributed by atoms with van der Waals surface area (Å²) < 4.78 is 39.5. The van der Waals surface area contributed by atoms with Crippen LogP contribution in [-0.2, 0) is 63.9 Å². The van der Waals surface area contributed by atoms with E-state index in [-0.39, 0.29) is 59.3 Å². The van der Waals surface area contributed by atoms with Crippen molar-refractivity contribution in [3.8, 4) is 57.1 Å². The van der Waals surface area contributed by atoms with E-state index < -0.39 is 250 Å². The van der Waals surface area contributed by atoms with Crippen LogP contribution >= 0.6 is 34.8 Å². The number of phenols is 3. The molecule has 0 spiro atoms. The van der Waals surface area contributed by atoms with Crippen LogP contribution in [0.4, 0.5) is 5.69 Å². The molecule has 0 aliphatic carbocycles. The third-order valence-electron chi connectivity index (χ3n) is 21.3. The SMILES string of the molecule is CNC(CC(C)C)C(=O)NC1C(=O)NC(CC(N)=O)C(=O)NC2C(=O)NC3C(=O)NC(C(=O)NC(C(=O)NNCCO)c4cc(O)cc(O)c4-c4cc3ccc4O)C(O)c3ccc(c(Cl)c3)Oc3cc2cc(c3OC2OC(CO)C(O)C(O)C2OC2CC(C)(NCc3cncc(NC(=O)C=Cc4ccc(Cl)cc4)c3)C(O)C(C)O2)Oc2ccc(cc2Cl)C1O. The third-order valence-corrected chi connectivity index (χ3v) is 22.1. The van der Waals surface area contributed by atoms with Gasteiger partial charge in [0.05, 0.1) is 59.8 Å². The van der Waals surface area contributed by atoms with Gasteiger partial charge in [0.1, 0.15) is 95.5 Å². The largest absolute Gasteiger partial charge is 0.508 e. The molecule has 11 bridgehead atoms. The van der Waals surface area contributed by atoms with E-state index in [1.165, 1.54) is 44.6 Å². The number of nitrogens with two attached hydrogens (primary N) is 1. The zero-order valence-electron chi connectivity index (χ0n) is 66.8. The highest BCUT2D eigenvalue weighted by Gasteiger charge is 2.52. The van der Waals surface area contributed by atoms with Crippen LogP contribution < -0.4 is 78.6 Å². The van der Waals surface area contributed by atoms with E-state index in [1.54, 1.807) is 43.3 Å². The Morgan fingerprint density at radius 3 is 2.01 bits per heavy atom. The number of phenolic OH excluding ortho intramolecular Hbond substituents is 3. The van der Waals surface area contributed by atoms with Gasteiger partial charge in [-0.15, -0.1) is 0 Å². The maximum Gasteiger partial charge on any atom is 0.261 e. The van der Waals surface area contributed by atoms with E-state index in [0.717, 1.165) is 66.7 Å². The number of anilines is 1. The number of aromatic nitrogens is 1. The van der Waals surface area contributed by atoms with E-state index in [4.69, 9.17) is 69.0 Å². The molecule has 7 aromatic rings. The first-order valence-electron chi connectivity index (χ1n) is 39.0. The van der Waals surface area contributed by atoms with E-state index in [9.17, 15) is 70.2 Å². The number of likely N-dealkylation sites (N-methyl/N-ethyl adjacent to an activating group) is 1. The van der Waals surface area contributed by atoms with Crippen molar-refractivity contribution >= 4 is 99.7 Å². The van der Waals surface area contributed by atoms with Crippen LogP contribution in [0.25, 0.3) is 17.2 Å². The second kappa shape index (κ2) is 39.6. The Kier molecular flexibility index (Phi) is 29.3. The fraction of sp³-hybridized carbons (Fsp3) is 0.373. The molecule has 0 radical (unpaired) electrons. The van der Waals surface area contributed by atoms with Gasteiger partial charge < -0.3 is 133 Å². The smallest absolute Gasteiger partial charge is 0.261 e. The summed E-state index contributed by atoms with van der Waals surface area (Å²) in [5, 5.41) is 140. The molecule has 7 aliphatic heterocycles. The standard InChI is InChI=1S/C83H92Cl3N13O25/c1-35(2)20-50(88-5)75(112)97-66-68(107)40-10-15-54(48(85)23-40)120-56-25-42-26-57(72(56)124-82-73(71(110)70(109)58(34-101)122-82)123-61-30-83(4,74(111)36(3)119-61)90-32-38-21-44(33-89-31-38)92-60(106)17-8-37-6-12-43(84)13-7-37)121-55-16-11-41(24-49(55)86)69(108)67-80(117)96-65(81(118)99-91-18-19-100)47-27-45(102)28-53(104)62(47)46-22-39(9-14-52(46)103)63(77(114)98-67)95-78(115)64(42)94-76(113)51(29-59(87)105)93-79(66)116/h6-17,21-28,31,33,35-36,50-51,58,61,63-71,73-74,82,88,90-91,100-104,107-111H,18-20,29-30,32,34H2,1-5H3,(H2,87,105)(H,92,106)(H,93,116)(H,94,113)(H,95,115)(H,96,117)(H,97,112)(H,98,114)(H,99,118). The van der Waals surface area contributed by atoms with Crippen LogP contribution in [-0.4, -0.2) is 215 Å². The Labute approximate surface area is 722 Å². The number of carbonyl (C=O) groups excluding carboxylic acids is 9. The number of nitrogens with zero attached hydrogens (tertiary/aromatic N) is 1. The maximum absolute atomic E-state index is 16.3. The summed E-state index contributed by atoms with van der Waals surface area (Å²) in [6.07, 6.45) is -13.4. The Balaban J connectivity index is 1.02. The minimum atomic E-state index is -2.39. The molecule has 38 nitrogen and oxygen atoms in total. The maximum atomic E-state index is 16.3. The van der Waals surface area contributed by atoms with Crippen molar-refractivity contribution in [2.45, 2.75) is 163 Å². The van der Waals surface area contributed by atoms with Crippen LogP contribution in [0.15, 0.2) is 128 Å². The van der Waals surface area contributed by atoms with E-state index in [1.807, 2.05) is 13.8 Å². The van der Waals surface area contributed by atoms with Gasteiger partial charge in [-0.25, -0.2) is 5.43 Å². The van der Waals surface area contributed by atoms with Gasteiger partial charge in [-0.3, -0.25) is 53.6 Å². The van der Waals surface area contributed by atoms with Crippen molar-refractivity contribution in [1.82, 2.24) is 58.4 Å². The first-order valence-corrected chi connectivity index (χ1v) is 40.2. The lowest BCUT2D eigenvalue weighted by Gasteiger charge is -2.48. The first kappa shape index (κ1) is 91.8. The number of pyridine rings is 1. The number of aromatic hydroxyl groups is 3. The molecule has 7 aliphatic rings. The summed E-state index contributed by atoms with van der Waals surface area (Å²) in [5.41, 5.74) is 8.07. The molecule has 18 unspecified atom stereocenters. The lowest BCUT2D eigenvalue weighted by atomic mass is 9.84. The summed E-state index contributed by atoms with van der Waals surface area (Å²) in [6.45, 7) is 5.00. The number of nitrogens with one attached hydrogen (secondary N) is 11. The van der Waals surface area contributed by atoms with Gasteiger partial charge in [-0.05, 0) is 151 Å². The number of ether oxygens (including phenoxy) is 6. The number of amides is 9. The van der Waals surface area contributed by atoms with Gasteiger partial charge in [-0.1, -0.05) is 79.0 Å². The minimum Gasteiger partial charge on any atom is -0.508 e. The van der Waals surface area contributed by atoms with Crippen molar-refractivity contribution in [2.75, 3.05) is 32.1 Å². The lowest BCUT2D eigenvalue weighted by molar-refractivity contribution is -0.334. The molecule has 41 heteroatoms. The van der Waals surface area contributed by atoms with Crippen molar-refractivity contribution in [3.05, 3.63) is 182 Å². The molecule has 14 rings (SSSR count). The number of carbonyl (C=O) groups is 9. The molecule has 124 heavy (non-hydrogen) atoms. The summed E-state index contributed by atoms with van der Waals surface area (Å²) >= 11 is 20.4. The Hall–Kier alpha value is -11.4. The highest BCUT2D eigenvalue weighted by molar-refractivity contribution is 6.32. The molecule has 18 atom stereocenters. The van der Waals surface area contributed by atoms with Gasteiger partial charge in [0, 0.05) is 59.5 Å². The number of aliphatic hydroxyl groups is 7. The lowest BCUT2D eigenvalue weighted by Crippen LogP contribution is -2.65. The van der Waals surface area contributed by atoms with Crippen molar-refractivity contribution < 1.29 is 123 Å². The molecule has 1 aromatic heterocycles. The number of fused-ring (bicyclic) bond motifs is 15. The zero-order chi connectivity index (χ0) is 89.4. The molecule has 660 valence electrons. The molecular formula is C83H92Cl3N13O25. The number of hydrazine groups is 1. The van der Waals surface area contributed by atoms with Gasteiger partial charge in [0.2, 0.25) is 59.3 Å². The molecule has 2 saturated heterocycles. The Morgan fingerprint density at radius 2 is 1.36 bits per heavy atom. The number of aliphatic hydroxyl groups excluding tert-OH is 7. The zero-order valence-corrected chi connectivity index (χ0v) is 69.1. The summed E-state index contributed by atoms with van der Waals surface area (Å²) in [6, 6.07) is 8.06. The fourth-order valence-corrected chi connectivity index (χ4v) is 15.4. The molecule has 2 fully saturated rings. The van der Waals surface area contributed by atoms with Crippen LogP contribution in [0, 0.1) is 5.92 Å². The highest BCUT2D eigenvalue weighted by atomic mass is 35.5. The van der Waals surface area contributed by atoms with Gasteiger partial charge in [-0.2, -0.15) is 0 Å². The van der Waals surface area contributed by atoms with Gasteiger partial charge >= 0.3 is 0 Å². The van der Waals surface area contributed by atoms with Crippen LogP contribution in [0.2, 0.25) is 15.1 Å². The normalized spacial score (nSPS) is 26.1. The van der Waals surface area contributed by atoms with Crippen molar-refractivity contribution in [3.63, 3.8) is 0 Å². The fourth-order valence-electron chi connectivity index (χ4n) is 14.8. The van der Waals surface area contributed by atoms with E-state index in [0.29, 0.717) is 21.8 Å². The number of halogens is 3. The van der Waals surface area contributed by atoms with E-state index in [2.05, 4.69) is 63.7 Å². The van der Waals surface area contributed by atoms with E-state index >= 15 is 24.0 Å². The quantitative estimate of drug-likeness (QED) is 0.0263. The average molecular weight is 1780 g/mol. The molecular weight excluding hydrogens is 1690 g/mol. The minimum absolute atomic E-state index is 0.00506. The summed E-state index contributed by atoms with van der Waals surface area (Å²) in [4.78, 5) is 137. The van der Waals surface area contributed by atoms with Crippen LogP contribution in [0.1, 0.15) is 116 Å². The summed E-state index contributed by atoms with van der Waals surface area (Å²) in [7, 11) is 1.47. The summed E-state index contributed by atoms with van der Waals surface area (Å²) in [5.74, 6) is -15.9. The average Bonchev–Trinajstić information content (AvgIpc) is 0.766. The Morgan fingerprint density at radius 1 is 0.710 bits per heavy atom. The molecule has 0 saturated carbocycles. The molecule has 8 heterocycles. The number of primary amides is 1. The number of rotatable bonds is 22. The van der Waals surface area contributed by atoms with Crippen LogP contribution in [0.3, 0.4) is 0 Å². The third kappa shape index (κ3) is 21.2. The Bertz CT molecular complexity index is 5230. The first-order chi connectivity index (χ1) is 59.0. The number of hydrogen-bond acceptors (Lipinski definition) is 29. The second-order valence-electron chi connectivity index (χ2n) is 30.7. The van der Waals surface area contributed by atoms with Crippen molar-refractivity contribution in [2.24, 2.45) is 11.7 Å². The number of benzene rings is 6. The number of hydrogen-bond donors (Lipinski definition) is 22. The molecule has 9 amide bonds. The topological polar surface area (TPSA) is 583 Å². The predicted molar refractivity (Wildman–Crippen MR) is 441 cm³/mol. The highest BCUT2D eigenvalue weighted by Crippen LogP contribution is 2.50. The van der Waals surface area contributed by atoms with Gasteiger partial charge in [0.15, 0.2) is 23.9 Å². The monoisotopic (exact) mass is 1780 g/mol. The van der Waals surface area contributed by atoms with Crippen LogP contribution in [0.5, 0.6) is 46.0 Å². The molecule has 6 aromatic carbocycles. The predicted octanol–water partition coefficient (Wildman–Crippen LogP) is 2.17. The van der Waals surface area contributed by atoms with Gasteiger partial charge in [0.25, 0.3) is 5.91 Å².